The van der Waals surface area contributed by atoms with Gasteiger partial charge in [-0.25, -0.2) is 13.9 Å². The van der Waals surface area contributed by atoms with Gasteiger partial charge in [0.1, 0.15) is 17.2 Å². The summed E-state index contributed by atoms with van der Waals surface area (Å²) in [4.78, 5) is 25.3. The summed E-state index contributed by atoms with van der Waals surface area (Å²) >= 11 is 1.22. The van der Waals surface area contributed by atoms with Crippen LogP contribution in [0.5, 0.6) is 0 Å². The smallest absolute Gasteiger partial charge is 0.287 e. The molecule has 0 atom stereocenters. The largest absolute Gasteiger partial charge is 0.334 e. The first-order valence-corrected chi connectivity index (χ1v) is 11.3. The lowest BCUT2D eigenvalue weighted by molar-refractivity contribution is 0.102. The lowest BCUT2D eigenvalue weighted by atomic mass is 10.1. The number of rotatable bonds is 5. The predicted molar refractivity (Wildman–Crippen MR) is 131 cm³/mol. The molecule has 1 amide bonds. The van der Waals surface area contributed by atoms with Crippen LogP contribution < -0.4 is 16.2 Å². The molecule has 3 N–H and O–H groups in total. The molecule has 0 saturated heterocycles. The Kier molecular flexibility index (Phi) is 5.61. The number of hydrogen-bond acceptors (Lipinski definition) is 6. The molecule has 5 aromatic rings. The second-order valence-electron chi connectivity index (χ2n) is 7.80. The second kappa shape index (κ2) is 8.76. The summed E-state index contributed by atoms with van der Waals surface area (Å²) in [5, 5.41) is 16.5. The highest BCUT2D eigenvalue weighted by Gasteiger charge is 2.20. The minimum Gasteiger partial charge on any atom is -0.334 e. The Labute approximate surface area is 201 Å². The maximum absolute atomic E-state index is 15.4. The fraction of sp³-hybridized carbons (Fsp3) is 0.0833. The van der Waals surface area contributed by atoms with Crippen molar-refractivity contribution in [3.8, 4) is 11.3 Å². The van der Waals surface area contributed by atoms with Gasteiger partial charge < -0.3 is 10.6 Å². The van der Waals surface area contributed by atoms with Gasteiger partial charge in [-0.05, 0) is 42.6 Å². The SMILES string of the molecule is Cc1cc(Nc2cc(-c3ccc(F)c(NC(=O)c4cc5ccccc5s4)c3F)n[nH]c2=O)nn1C. The number of carbonyl (C=O) groups excluding carboxylic acids is 1. The van der Waals surface area contributed by atoms with Crippen LogP contribution in [0.4, 0.5) is 26.0 Å². The molecule has 0 aliphatic carbocycles. The minimum absolute atomic E-state index is 0.0367. The number of thiophene rings is 1. The van der Waals surface area contributed by atoms with Crippen molar-refractivity contribution in [2.75, 3.05) is 10.6 Å². The molecule has 0 fully saturated rings. The highest BCUT2D eigenvalue weighted by Crippen LogP contribution is 2.31. The summed E-state index contributed by atoms with van der Waals surface area (Å²) in [6, 6.07) is 14.3. The Morgan fingerprint density at radius 2 is 1.91 bits per heavy atom. The second-order valence-corrected chi connectivity index (χ2v) is 8.89. The lowest BCUT2D eigenvalue weighted by Gasteiger charge is -2.11. The molecule has 176 valence electrons. The van der Waals surface area contributed by atoms with Crippen LogP contribution in [0.25, 0.3) is 21.3 Å². The van der Waals surface area contributed by atoms with Gasteiger partial charge >= 0.3 is 0 Å². The van der Waals surface area contributed by atoms with E-state index in [1.54, 1.807) is 23.9 Å². The quantitative estimate of drug-likeness (QED) is 0.321. The number of nitrogens with one attached hydrogen (secondary N) is 3. The zero-order valence-electron chi connectivity index (χ0n) is 18.5. The van der Waals surface area contributed by atoms with E-state index in [1.165, 1.54) is 23.5 Å². The van der Waals surface area contributed by atoms with E-state index >= 15 is 4.39 Å². The average Bonchev–Trinajstić information content (AvgIpc) is 3.41. The molecule has 35 heavy (non-hydrogen) atoms. The monoisotopic (exact) mass is 492 g/mol. The Hall–Kier alpha value is -4.38. The number of hydrogen-bond donors (Lipinski definition) is 3. The number of aromatic nitrogens is 4. The van der Waals surface area contributed by atoms with Gasteiger partial charge in [0, 0.05) is 29.1 Å². The summed E-state index contributed by atoms with van der Waals surface area (Å²) in [6.45, 7) is 1.85. The molecule has 0 unspecified atom stereocenters. The highest BCUT2D eigenvalue weighted by atomic mass is 32.1. The fourth-order valence-electron chi connectivity index (χ4n) is 3.53. The van der Waals surface area contributed by atoms with Crippen LogP contribution in [0.2, 0.25) is 0 Å². The van der Waals surface area contributed by atoms with Crippen LogP contribution in [0.3, 0.4) is 0 Å². The van der Waals surface area contributed by atoms with E-state index in [0.29, 0.717) is 10.7 Å². The van der Waals surface area contributed by atoms with Gasteiger partial charge in [-0.1, -0.05) is 18.2 Å². The zero-order valence-corrected chi connectivity index (χ0v) is 19.3. The molecule has 0 saturated carbocycles. The van der Waals surface area contributed by atoms with E-state index in [4.69, 9.17) is 0 Å². The standard InChI is InChI=1S/C24H18F2N6O2S/c1-12-9-20(31-32(12)2)27-17-11-16(29-30-23(17)33)14-7-8-15(25)22(21(14)26)28-24(34)19-10-13-5-3-4-6-18(13)35-19/h3-11H,1-2H3,(H,28,34)(H,30,33)(H,27,29,31). The van der Waals surface area contributed by atoms with Gasteiger partial charge in [0.15, 0.2) is 11.6 Å². The Balaban J connectivity index is 1.47. The number of nitrogens with zero attached hydrogens (tertiary/aromatic N) is 3. The summed E-state index contributed by atoms with van der Waals surface area (Å²) in [5.41, 5.74) is -0.274. The third-order valence-electron chi connectivity index (χ3n) is 5.44. The average molecular weight is 493 g/mol. The topological polar surface area (TPSA) is 105 Å². The van der Waals surface area contributed by atoms with Crippen LogP contribution >= 0.6 is 11.3 Å². The number of halogens is 2. The van der Waals surface area contributed by atoms with Gasteiger partial charge in [-0.3, -0.25) is 14.3 Å². The predicted octanol–water partition coefficient (Wildman–Crippen LogP) is 4.97. The Morgan fingerprint density at radius 1 is 1.11 bits per heavy atom. The van der Waals surface area contributed by atoms with Gasteiger partial charge in [0.05, 0.1) is 10.6 Å². The molecule has 0 radical (unpaired) electrons. The molecule has 0 aliphatic heterocycles. The van der Waals surface area contributed by atoms with Crippen molar-refractivity contribution >= 4 is 44.5 Å². The number of aromatic amines is 1. The Morgan fingerprint density at radius 3 is 2.66 bits per heavy atom. The molecule has 5 rings (SSSR count). The maximum atomic E-state index is 15.4. The molecule has 3 heterocycles. The molecule has 0 bridgehead atoms. The number of anilines is 3. The van der Waals surface area contributed by atoms with Crippen molar-refractivity contribution in [1.29, 1.82) is 0 Å². The van der Waals surface area contributed by atoms with Gasteiger partial charge in [0.25, 0.3) is 11.5 Å². The van der Waals surface area contributed by atoms with Crippen molar-refractivity contribution in [3.05, 3.63) is 87.2 Å². The minimum atomic E-state index is -1.02. The van der Waals surface area contributed by atoms with Crippen LogP contribution in [-0.2, 0) is 7.05 Å². The molecule has 2 aromatic carbocycles. The van der Waals surface area contributed by atoms with Crippen molar-refractivity contribution in [2.45, 2.75) is 6.92 Å². The summed E-state index contributed by atoms with van der Waals surface area (Å²) in [7, 11) is 1.76. The van der Waals surface area contributed by atoms with E-state index in [0.717, 1.165) is 21.8 Å². The first-order chi connectivity index (χ1) is 16.8. The van der Waals surface area contributed by atoms with E-state index in [9.17, 15) is 14.0 Å². The number of benzene rings is 2. The van der Waals surface area contributed by atoms with E-state index < -0.39 is 28.8 Å². The molecule has 8 nitrogen and oxygen atoms in total. The number of aryl methyl sites for hydroxylation is 2. The van der Waals surface area contributed by atoms with Gasteiger partial charge in [-0.2, -0.15) is 10.2 Å². The highest BCUT2D eigenvalue weighted by molar-refractivity contribution is 7.20. The molecule has 3 aromatic heterocycles. The number of carbonyl (C=O) groups is 1. The van der Waals surface area contributed by atoms with E-state index in [-0.39, 0.29) is 16.9 Å². The number of fused-ring (bicyclic) bond motifs is 1. The van der Waals surface area contributed by atoms with E-state index in [2.05, 4.69) is 25.9 Å². The number of H-pyrrole nitrogens is 1. The first kappa shape index (κ1) is 22.4. The van der Waals surface area contributed by atoms with Crippen LogP contribution in [-0.4, -0.2) is 25.9 Å². The van der Waals surface area contributed by atoms with Crippen LogP contribution in [0.15, 0.2) is 59.4 Å². The van der Waals surface area contributed by atoms with Crippen molar-refractivity contribution in [1.82, 2.24) is 20.0 Å². The van der Waals surface area contributed by atoms with Crippen LogP contribution in [0, 0.1) is 18.6 Å². The number of amides is 1. The van der Waals surface area contributed by atoms with Gasteiger partial charge in [-0.15, -0.1) is 11.3 Å². The van der Waals surface area contributed by atoms with Crippen molar-refractivity contribution in [2.24, 2.45) is 7.05 Å². The van der Waals surface area contributed by atoms with Crippen molar-refractivity contribution < 1.29 is 13.6 Å². The Bertz CT molecular complexity index is 1600. The summed E-state index contributed by atoms with van der Waals surface area (Å²) in [5.74, 6) is -2.17. The van der Waals surface area contributed by atoms with Crippen molar-refractivity contribution in [3.63, 3.8) is 0 Å². The van der Waals surface area contributed by atoms with E-state index in [1.807, 2.05) is 31.2 Å². The normalized spacial score (nSPS) is 11.1. The lowest BCUT2D eigenvalue weighted by Crippen LogP contribution is -2.15. The zero-order chi connectivity index (χ0) is 24.7. The molecular formula is C24H18F2N6O2S. The first-order valence-electron chi connectivity index (χ1n) is 10.5. The third kappa shape index (κ3) is 4.28. The summed E-state index contributed by atoms with van der Waals surface area (Å²) < 4.78 is 32.5. The summed E-state index contributed by atoms with van der Waals surface area (Å²) in [6.07, 6.45) is 0. The maximum Gasteiger partial charge on any atom is 0.287 e. The molecular weight excluding hydrogens is 474 g/mol. The third-order valence-corrected chi connectivity index (χ3v) is 6.55. The fourth-order valence-corrected chi connectivity index (χ4v) is 4.49. The van der Waals surface area contributed by atoms with Gasteiger partial charge in [0.2, 0.25) is 0 Å². The van der Waals surface area contributed by atoms with Crippen LogP contribution in [0.1, 0.15) is 15.4 Å². The molecule has 0 spiro atoms. The molecule has 0 aliphatic rings. The molecule has 11 heteroatoms.